The van der Waals surface area contributed by atoms with Crippen LogP contribution in [0.4, 0.5) is 10.1 Å². The highest BCUT2D eigenvalue weighted by Crippen LogP contribution is 2.10. The third-order valence-corrected chi connectivity index (χ3v) is 1.84. The van der Waals surface area contributed by atoms with E-state index in [1.807, 2.05) is 0 Å². The standard InChI is InChI=1S/C10H12BFN2O2/c11-7-1-2-9(8(12)5-7)14-10(16)6-13-3-4-15/h1-2,5,13,15H,3-4,6H2,(H,14,16). The molecule has 1 aromatic carbocycles. The first kappa shape index (κ1) is 12.7. The van der Waals surface area contributed by atoms with Crippen LogP contribution in [0.15, 0.2) is 18.2 Å². The van der Waals surface area contributed by atoms with E-state index < -0.39 is 5.82 Å². The summed E-state index contributed by atoms with van der Waals surface area (Å²) in [5, 5.41) is 13.5. The monoisotopic (exact) mass is 222 g/mol. The van der Waals surface area contributed by atoms with Gasteiger partial charge < -0.3 is 15.7 Å². The number of anilines is 1. The molecule has 1 rings (SSSR count). The van der Waals surface area contributed by atoms with Crippen molar-refractivity contribution >= 4 is 24.9 Å². The zero-order valence-corrected chi connectivity index (χ0v) is 8.66. The molecule has 4 nitrogen and oxygen atoms in total. The molecule has 0 saturated heterocycles. The van der Waals surface area contributed by atoms with Gasteiger partial charge in [-0.05, 0) is 12.1 Å². The number of aliphatic hydroxyl groups excluding tert-OH is 1. The van der Waals surface area contributed by atoms with Crippen LogP contribution in [0.5, 0.6) is 0 Å². The maximum atomic E-state index is 13.2. The molecule has 1 aromatic rings. The zero-order chi connectivity index (χ0) is 12.0. The van der Waals surface area contributed by atoms with Crippen molar-refractivity contribution in [3.05, 3.63) is 24.0 Å². The number of hydrogen-bond acceptors (Lipinski definition) is 3. The summed E-state index contributed by atoms with van der Waals surface area (Å²) in [6, 6.07) is 4.03. The van der Waals surface area contributed by atoms with Crippen LogP contribution in [0, 0.1) is 5.82 Å². The molecule has 0 heterocycles. The molecular formula is C10H12BFN2O2. The van der Waals surface area contributed by atoms with Crippen LogP contribution in [0.2, 0.25) is 0 Å². The summed E-state index contributed by atoms with van der Waals surface area (Å²) < 4.78 is 13.2. The van der Waals surface area contributed by atoms with Crippen LogP contribution >= 0.6 is 0 Å². The van der Waals surface area contributed by atoms with Crippen molar-refractivity contribution in [3.8, 4) is 0 Å². The van der Waals surface area contributed by atoms with Crippen molar-refractivity contribution in [2.75, 3.05) is 25.0 Å². The third-order valence-electron chi connectivity index (χ3n) is 1.84. The predicted octanol–water partition coefficient (Wildman–Crippen LogP) is -0.860. The molecule has 0 bridgehead atoms. The van der Waals surface area contributed by atoms with E-state index in [-0.39, 0.29) is 24.7 Å². The van der Waals surface area contributed by atoms with E-state index in [0.29, 0.717) is 12.0 Å². The number of nitrogens with one attached hydrogen (secondary N) is 2. The van der Waals surface area contributed by atoms with Crippen LogP contribution in [0.25, 0.3) is 0 Å². The summed E-state index contributed by atoms with van der Waals surface area (Å²) in [4.78, 5) is 11.3. The number of halogens is 1. The van der Waals surface area contributed by atoms with Crippen LogP contribution in [0.1, 0.15) is 0 Å². The van der Waals surface area contributed by atoms with Gasteiger partial charge in [-0.25, -0.2) is 4.39 Å². The van der Waals surface area contributed by atoms with E-state index in [9.17, 15) is 9.18 Å². The minimum absolute atomic E-state index is 0.0182. The molecule has 0 unspecified atom stereocenters. The summed E-state index contributed by atoms with van der Waals surface area (Å²) >= 11 is 0. The van der Waals surface area contributed by atoms with E-state index in [4.69, 9.17) is 13.0 Å². The molecular weight excluding hydrogens is 210 g/mol. The van der Waals surface area contributed by atoms with Crippen molar-refractivity contribution in [3.63, 3.8) is 0 Å². The normalized spacial score (nSPS) is 10.1. The Kier molecular flexibility index (Phi) is 4.95. The lowest BCUT2D eigenvalue weighted by Gasteiger charge is -2.07. The summed E-state index contributed by atoms with van der Waals surface area (Å²) in [6.45, 7) is 0.283. The van der Waals surface area contributed by atoms with Crippen LogP contribution in [0.3, 0.4) is 0 Å². The first-order chi connectivity index (χ1) is 7.63. The maximum Gasteiger partial charge on any atom is 0.238 e. The summed E-state index contributed by atoms with van der Waals surface area (Å²) in [6.07, 6.45) is 0. The van der Waals surface area contributed by atoms with Crippen molar-refractivity contribution in [1.29, 1.82) is 0 Å². The fourth-order valence-corrected chi connectivity index (χ4v) is 1.11. The summed E-state index contributed by atoms with van der Waals surface area (Å²) in [5.41, 5.74) is 0.388. The highest BCUT2D eigenvalue weighted by Gasteiger charge is 2.05. The molecule has 0 fully saturated rings. The SMILES string of the molecule is [B]c1ccc(NC(=O)CNCCO)c(F)c1. The van der Waals surface area contributed by atoms with Crippen molar-refractivity contribution < 1.29 is 14.3 Å². The number of benzene rings is 1. The Balaban J connectivity index is 2.49. The molecule has 0 aliphatic rings. The van der Waals surface area contributed by atoms with Crippen molar-refractivity contribution in [1.82, 2.24) is 5.32 Å². The quantitative estimate of drug-likeness (QED) is 0.448. The fourth-order valence-electron chi connectivity index (χ4n) is 1.11. The predicted molar refractivity (Wildman–Crippen MR) is 60.4 cm³/mol. The van der Waals surface area contributed by atoms with E-state index in [2.05, 4.69) is 10.6 Å². The van der Waals surface area contributed by atoms with Crippen molar-refractivity contribution in [2.24, 2.45) is 0 Å². The van der Waals surface area contributed by atoms with Gasteiger partial charge in [0.2, 0.25) is 5.91 Å². The van der Waals surface area contributed by atoms with E-state index >= 15 is 0 Å². The molecule has 0 spiro atoms. The molecule has 0 aliphatic heterocycles. The third kappa shape index (κ3) is 4.00. The number of aliphatic hydroxyl groups is 1. The largest absolute Gasteiger partial charge is 0.395 e. The van der Waals surface area contributed by atoms with E-state index in [0.717, 1.165) is 6.07 Å². The van der Waals surface area contributed by atoms with Gasteiger partial charge in [-0.3, -0.25) is 4.79 Å². The van der Waals surface area contributed by atoms with Gasteiger partial charge in [-0.15, -0.1) is 0 Å². The number of carbonyl (C=O) groups excluding carboxylic acids is 1. The van der Waals surface area contributed by atoms with Crippen LogP contribution in [-0.2, 0) is 4.79 Å². The molecule has 6 heteroatoms. The van der Waals surface area contributed by atoms with Gasteiger partial charge in [0.25, 0.3) is 0 Å². The van der Waals surface area contributed by atoms with Gasteiger partial charge >= 0.3 is 0 Å². The highest BCUT2D eigenvalue weighted by molar-refractivity contribution is 6.32. The Labute approximate surface area is 94.3 Å². The second-order valence-corrected chi connectivity index (χ2v) is 3.19. The second kappa shape index (κ2) is 6.24. The van der Waals surface area contributed by atoms with Crippen molar-refractivity contribution in [2.45, 2.75) is 0 Å². The highest BCUT2D eigenvalue weighted by atomic mass is 19.1. The lowest BCUT2D eigenvalue weighted by Crippen LogP contribution is -2.30. The maximum absolute atomic E-state index is 13.2. The first-order valence-electron chi connectivity index (χ1n) is 4.80. The first-order valence-corrected chi connectivity index (χ1v) is 4.80. The summed E-state index contributed by atoms with van der Waals surface area (Å²) in [5.74, 6) is -0.951. The van der Waals surface area contributed by atoms with Crippen LogP contribution in [-0.4, -0.2) is 38.6 Å². The average molecular weight is 222 g/mol. The lowest BCUT2D eigenvalue weighted by molar-refractivity contribution is -0.115. The van der Waals surface area contributed by atoms with Gasteiger partial charge in [0.1, 0.15) is 13.7 Å². The Morgan fingerprint density at radius 3 is 2.88 bits per heavy atom. The van der Waals surface area contributed by atoms with Gasteiger partial charge in [0, 0.05) is 6.54 Å². The van der Waals surface area contributed by atoms with Gasteiger partial charge in [0.05, 0.1) is 18.8 Å². The lowest BCUT2D eigenvalue weighted by atomic mass is 9.96. The molecule has 84 valence electrons. The van der Waals surface area contributed by atoms with Crippen LogP contribution < -0.4 is 16.1 Å². The number of hydrogen-bond donors (Lipinski definition) is 3. The molecule has 0 saturated carbocycles. The topological polar surface area (TPSA) is 61.4 Å². The molecule has 0 aromatic heterocycles. The fraction of sp³-hybridized carbons (Fsp3) is 0.300. The second-order valence-electron chi connectivity index (χ2n) is 3.19. The number of rotatable bonds is 5. The van der Waals surface area contributed by atoms with Gasteiger partial charge in [-0.2, -0.15) is 0 Å². The average Bonchev–Trinajstić information content (AvgIpc) is 2.23. The Morgan fingerprint density at radius 2 is 2.25 bits per heavy atom. The molecule has 16 heavy (non-hydrogen) atoms. The number of amides is 1. The molecule has 3 N–H and O–H groups in total. The smallest absolute Gasteiger partial charge is 0.238 e. The van der Waals surface area contributed by atoms with Gasteiger partial charge in [0.15, 0.2) is 0 Å². The Morgan fingerprint density at radius 1 is 1.50 bits per heavy atom. The van der Waals surface area contributed by atoms with E-state index in [1.165, 1.54) is 12.1 Å². The summed E-state index contributed by atoms with van der Waals surface area (Å²) in [7, 11) is 5.36. The Bertz CT molecular complexity index is 374. The zero-order valence-electron chi connectivity index (χ0n) is 8.66. The molecule has 2 radical (unpaired) electrons. The minimum atomic E-state index is -0.574. The number of carbonyl (C=O) groups is 1. The molecule has 1 amide bonds. The van der Waals surface area contributed by atoms with E-state index in [1.54, 1.807) is 0 Å². The Hall–Kier alpha value is -1.40. The van der Waals surface area contributed by atoms with Gasteiger partial charge in [-0.1, -0.05) is 11.5 Å². The molecule has 0 atom stereocenters. The molecule has 0 aliphatic carbocycles. The minimum Gasteiger partial charge on any atom is -0.395 e.